The standard InChI is InChI=1S/C14H13BrFN3S/c1-9-13(19-4-5-20-14(19)18-9)8-17-7-10-6-11(15)2-3-12(10)16/h2-6,17H,7-8H2,1H3. The van der Waals surface area contributed by atoms with Gasteiger partial charge in [-0.1, -0.05) is 15.9 Å². The molecule has 0 aliphatic carbocycles. The summed E-state index contributed by atoms with van der Waals surface area (Å²) in [5.74, 6) is -0.189. The van der Waals surface area contributed by atoms with Crippen LogP contribution in [0, 0.1) is 12.7 Å². The molecule has 2 heterocycles. The summed E-state index contributed by atoms with van der Waals surface area (Å²) < 4.78 is 16.6. The lowest BCUT2D eigenvalue weighted by Gasteiger charge is -2.07. The second-order valence-corrected chi connectivity index (χ2v) is 6.33. The van der Waals surface area contributed by atoms with Crippen LogP contribution in [-0.2, 0) is 13.1 Å². The summed E-state index contributed by atoms with van der Waals surface area (Å²) in [6.45, 7) is 3.15. The number of rotatable bonds is 4. The van der Waals surface area contributed by atoms with Gasteiger partial charge in [0.1, 0.15) is 5.82 Å². The van der Waals surface area contributed by atoms with E-state index in [4.69, 9.17) is 0 Å². The molecule has 0 aliphatic heterocycles. The number of hydrogen-bond acceptors (Lipinski definition) is 3. The molecule has 0 fully saturated rings. The van der Waals surface area contributed by atoms with Gasteiger partial charge in [0.2, 0.25) is 0 Å². The van der Waals surface area contributed by atoms with Crippen molar-refractivity contribution in [2.24, 2.45) is 0 Å². The van der Waals surface area contributed by atoms with Gasteiger partial charge in [-0.3, -0.25) is 4.40 Å². The third-order valence-corrected chi connectivity index (χ3v) is 4.43. The summed E-state index contributed by atoms with van der Waals surface area (Å²) >= 11 is 4.97. The number of fused-ring (bicyclic) bond motifs is 1. The molecular weight excluding hydrogens is 341 g/mol. The fourth-order valence-corrected chi connectivity index (χ4v) is 3.34. The molecular formula is C14H13BrFN3S. The van der Waals surface area contributed by atoms with Crippen molar-refractivity contribution in [3.8, 4) is 0 Å². The van der Waals surface area contributed by atoms with Crippen molar-refractivity contribution in [2.75, 3.05) is 0 Å². The van der Waals surface area contributed by atoms with Crippen LogP contribution < -0.4 is 5.32 Å². The molecule has 6 heteroatoms. The van der Waals surface area contributed by atoms with Crippen LogP contribution in [0.3, 0.4) is 0 Å². The van der Waals surface area contributed by atoms with Crippen molar-refractivity contribution in [3.63, 3.8) is 0 Å². The van der Waals surface area contributed by atoms with Gasteiger partial charge >= 0.3 is 0 Å². The number of aromatic nitrogens is 2. The van der Waals surface area contributed by atoms with Crippen molar-refractivity contribution >= 4 is 32.2 Å². The Balaban J connectivity index is 1.72. The topological polar surface area (TPSA) is 29.3 Å². The van der Waals surface area contributed by atoms with E-state index in [0.717, 1.165) is 20.8 Å². The van der Waals surface area contributed by atoms with E-state index in [1.807, 2.05) is 18.5 Å². The molecule has 0 unspecified atom stereocenters. The first-order valence-electron chi connectivity index (χ1n) is 6.21. The van der Waals surface area contributed by atoms with Crippen LogP contribution in [0.2, 0.25) is 0 Å². The Morgan fingerprint density at radius 3 is 3.10 bits per heavy atom. The summed E-state index contributed by atoms with van der Waals surface area (Å²) in [5, 5.41) is 5.29. The molecule has 3 rings (SSSR count). The zero-order valence-corrected chi connectivity index (χ0v) is 13.3. The molecule has 0 atom stereocenters. The Morgan fingerprint density at radius 1 is 1.40 bits per heavy atom. The Hall–Kier alpha value is -1.24. The third kappa shape index (κ3) is 2.63. The van der Waals surface area contributed by atoms with Crippen LogP contribution in [0.5, 0.6) is 0 Å². The zero-order chi connectivity index (χ0) is 14.1. The van der Waals surface area contributed by atoms with Crippen LogP contribution in [0.1, 0.15) is 17.0 Å². The molecule has 1 N–H and O–H groups in total. The Kier molecular flexibility index (Phi) is 3.87. The minimum absolute atomic E-state index is 0.189. The largest absolute Gasteiger partial charge is 0.307 e. The van der Waals surface area contributed by atoms with Gasteiger partial charge in [-0.05, 0) is 25.1 Å². The number of aryl methyl sites for hydroxylation is 1. The van der Waals surface area contributed by atoms with Gasteiger partial charge in [0.15, 0.2) is 4.96 Å². The van der Waals surface area contributed by atoms with E-state index in [-0.39, 0.29) is 5.82 Å². The molecule has 20 heavy (non-hydrogen) atoms. The van der Waals surface area contributed by atoms with Crippen molar-refractivity contribution in [2.45, 2.75) is 20.0 Å². The van der Waals surface area contributed by atoms with Gasteiger partial charge in [-0.2, -0.15) is 0 Å². The maximum atomic E-state index is 13.6. The molecule has 0 radical (unpaired) electrons. The van der Waals surface area contributed by atoms with Gasteiger partial charge < -0.3 is 5.32 Å². The first-order chi connectivity index (χ1) is 9.65. The quantitative estimate of drug-likeness (QED) is 0.770. The van der Waals surface area contributed by atoms with E-state index >= 15 is 0 Å². The number of benzene rings is 1. The molecule has 0 saturated carbocycles. The number of nitrogens with zero attached hydrogens (tertiary/aromatic N) is 2. The van der Waals surface area contributed by atoms with Crippen molar-refractivity contribution in [1.29, 1.82) is 0 Å². The van der Waals surface area contributed by atoms with Crippen LogP contribution in [0.25, 0.3) is 4.96 Å². The summed E-state index contributed by atoms with van der Waals surface area (Å²) in [4.78, 5) is 5.48. The van der Waals surface area contributed by atoms with Crippen LogP contribution >= 0.6 is 27.3 Å². The third-order valence-electron chi connectivity index (χ3n) is 3.18. The van der Waals surface area contributed by atoms with E-state index in [1.165, 1.54) is 6.07 Å². The monoisotopic (exact) mass is 353 g/mol. The molecule has 104 valence electrons. The van der Waals surface area contributed by atoms with Gasteiger partial charge in [0.25, 0.3) is 0 Å². The predicted molar refractivity (Wildman–Crippen MR) is 82.4 cm³/mol. The Bertz CT molecular complexity index is 750. The van der Waals surface area contributed by atoms with Gasteiger partial charge in [-0.15, -0.1) is 11.3 Å². The zero-order valence-electron chi connectivity index (χ0n) is 10.9. The highest BCUT2D eigenvalue weighted by atomic mass is 79.9. The number of halogens is 2. The molecule has 3 nitrogen and oxygen atoms in total. The SMILES string of the molecule is Cc1nc2sccn2c1CNCc1cc(Br)ccc1F. The minimum Gasteiger partial charge on any atom is -0.307 e. The molecule has 0 spiro atoms. The van der Waals surface area contributed by atoms with Gasteiger partial charge in [-0.25, -0.2) is 9.37 Å². The molecule has 0 saturated heterocycles. The molecule has 0 bridgehead atoms. The van der Waals surface area contributed by atoms with Crippen LogP contribution in [0.15, 0.2) is 34.2 Å². The highest BCUT2D eigenvalue weighted by Gasteiger charge is 2.09. The van der Waals surface area contributed by atoms with Gasteiger partial charge in [0, 0.05) is 34.7 Å². The molecule has 2 aromatic heterocycles. The highest BCUT2D eigenvalue weighted by molar-refractivity contribution is 9.10. The van der Waals surface area contributed by atoms with E-state index in [0.29, 0.717) is 18.7 Å². The summed E-state index contributed by atoms with van der Waals surface area (Å²) in [7, 11) is 0. The number of thiazole rings is 1. The normalized spacial score (nSPS) is 11.3. The minimum atomic E-state index is -0.189. The van der Waals surface area contributed by atoms with Gasteiger partial charge in [0.05, 0.1) is 11.4 Å². The fourth-order valence-electron chi connectivity index (χ4n) is 2.15. The smallest absolute Gasteiger partial charge is 0.194 e. The lowest BCUT2D eigenvalue weighted by Crippen LogP contribution is -2.15. The molecule has 3 aromatic rings. The second kappa shape index (κ2) is 5.63. The number of imidazole rings is 1. The van der Waals surface area contributed by atoms with Crippen molar-refractivity contribution in [1.82, 2.24) is 14.7 Å². The Morgan fingerprint density at radius 2 is 2.25 bits per heavy atom. The summed E-state index contributed by atoms with van der Waals surface area (Å²) in [6, 6.07) is 4.98. The van der Waals surface area contributed by atoms with Crippen molar-refractivity contribution in [3.05, 3.63) is 57.0 Å². The van der Waals surface area contributed by atoms with Crippen LogP contribution in [-0.4, -0.2) is 9.38 Å². The van der Waals surface area contributed by atoms with E-state index in [1.54, 1.807) is 23.5 Å². The highest BCUT2D eigenvalue weighted by Crippen LogP contribution is 2.18. The first-order valence-corrected chi connectivity index (χ1v) is 7.88. The second-order valence-electron chi connectivity index (χ2n) is 4.54. The van der Waals surface area contributed by atoms with Crippen LogP contribution in [0.4, 0.5) is 4.39 Å². The van der Waals surface area contributed by atoms with Crippen molar-refractivity contribution < 1.29 is 4.39 Å². The summed E-state index contributed by atoms with van der Waals surface area (Å²) in [6.07, 6.45) is 2.01. The van der Waals surface area contributed by atoms with E-state index in [9.17, 15) is 4.39 Å². The maximum absolute atomic E-state index is 13.6. The molecule has 0 aliphatic rings. The predicted octanol–water partition coefficient (Wildman–Crippen LogP) is 3.90. The fraction of sp³-hybridized carbons (Fsp3) is 0.214. The number of hydrogen-bond donors (Lipinski definition) is 1. The Labute approximate surface area is 128 Å². The number of nitrogens with one attached hydrogen (secondary N) is 1. The maximum Gasteiger partial charge on any atom is 0.194 e. The molecule has 0 amide bonds. The average Bonchev–Trinajstić information content (AvgIpc) is 2.96. The lowest BCUT2D eigenvalue weighted by atomic mass is 10.2. The summed E-state index contributed by atoms with van der Waals surface area (Å²) in [5.41, 5.74) is 2.79. The first kappa shape index (κ1) is 13.7. The average molecular weight is 354 g/mol. The van der Waals surface area contributed by atoms with E-state index < -0.39 is 0 Å². The molecule has 1 aromatic carbocycles. The van der Waals surface area contributed by atoms with E-state index in [2.05, 4.69) is 30.6 Å². The lowest BCUT2D eigenvalue weighted by molar-refractivity contribution is 0.584.